The van der Waals surface area contributed by atoms with Gasteiger partial charge in [0.2, 0.25) is 11.8 Å². The van der Waals surface area contributed by atoms with E-state index in [1.54, 1.807) is 26.0 Å². The number of allylic oxidation sites excluding steroid dienone is 3. The van der Waals surface area contributed by atoms with Gasteiger partial charge in [0.1, 0.15) is 17.4 Å². The van der Waals surface area contributed by atoms with Crippen LogP contribution in [0.3, 0.4) is 0 Å². The molecule has 0 aromatic carbocycles. The number of carbonyl (C=O) groups is 3. The monoisotopic (exact) mass is 499 g/mol. The highest BCUT2D eigenvalue weighted by Gasteiger charge is 2.11. The van der Waals surface area contributed by atoms with Crippen molar-refractivity contribution in [2.75, 3.05) is 23.8 Å². The molecule has 0 atom stereocenters. The Morgan fingerprint density at radius 2 is 1.33 bits per heavy atom. The van der Waals surface area contributed by atoms with Crippen molar-refractivity contribution < 1.29 is 23.9 Å². The van der Waals surface area contributed by atoms with Crippen LogP contribution in [-0.2, 0) is 19.1 Å². The first-order valence-corrected chi connectivity index (χ1v) is 13.3. The average molecular weight is 500 g/mol. The number of unbranched alkanes of at least 4 members (excludes halogenated alkanes) is 8. The number of nitrogens with zero attached hydrogens (tertiary/aromatic N) is 1. The Hall–Kier alpha value is -3.16. The number of ether oxygens (including phenoxy) is 2. The first-order chi connectivity index (χ1) is 17.5. The number of pyridine rings is 1. The van der Waals surface area contributed by atoms with Crippen LogP contribution < -0.4 is 15.4 Å². The number of amides is 2. The molecule has 0 unspecified atom stereocenters. The molecule has 0 spiro atoms. The number of esters is 1. The lowest BCUT2D eigenvalue weighted by atomic mass is 10.1. The van der Waals surface area contributed by atoms with Crippen molar-refractivity contribution in [1.82, 2.24) is 4.98 Å². The fourth-order valence-corrected chi connectivity index (χ4v) is 3.67. The van der Waals surface area contributed by atoms with Crippen LogP contribution in [-0.4, -0.2) is 36.0 Å². The minimum Gasteiger partial charge on any atom is -0.493 e. The van der Waals surface area contributed by atoms with Crippen molar-refractivity contribution >= 4 is 29.4 Å². The van der Waals surface area contributed by atoms with Crippen LogP contribution in [0.25, 0.3) is 0 Å². The molecule has 1 heterocycles. The molecule has 0 radical (unpaired) electrons. The molecule has 0 saturated carbocycles. The summed E-state index contributed by atoms with van der Waals surface area (Å²) in [6.07, 6.45) is 17.0. The molecular formula is C28H41N3O5. The van der Waals surface area contributed by atoms with E-state index < -0.39 is 0 Å². The van der Waals surface area contributed by atoms with Crippen LogP contribution in [0, 0.1) is 0 Å². The van der Waals surface area contributed by atoms with Crippen LogP contribution in [0.1, 0.15) is 90.9 Å². The molecule has 0 fully saturated rings. The van der Waals surface area contributed by atoms with Crippen LogP contribution in [0.4, 0.5) is 11.6 Å². The second-order valence-corrected chi connectivity index (χ2v) is 8.87. The Morgan fingerprint density at radius 1 is 0.806 bits per heavy atom. The summed E-state index contributed by atoms with van der Waals surface area (Å²) in [7, 11) is 0. The molecule has 2 N–H and O–H groups in total. The topological polar surface area (TPSA) is 107 Å². The summed E-state index contributed by atoms with van der Waals surface area (Å²) in [6.45, 7) is 4.61. The zero-order chi connectivity index (χ0) is 26.0. The lowest BCUT2D eigenvalue weighted by Crippen LogP contribution is -2.14. The van der Waals surface area contributed by atoms with E-state index in [1.807, 2.05) is 18.2 Å². The quantitative estimate of drug-likeness (QED) is 0.187. The molecule has 2 rings (SSSR count). The molecule has 1 aliphatic rings. The molecule has 1 aromatic heterocycles. The van der Waals surface area contributed by atoms with Crippen molar-refractivity contribution in [2.24, 2.45) is 0 Å². The zero-order valence-corrected chi connectivity index (χ0v) is 21.8. The third-order valence-corrected chi connectivity index (χ3v) is 5.80. The SMILES string of the molecule is CCC(=O)Nc1cc(OCCCCCCCCCCCOC(=O)C2=CC=CC2)cc(NC(=O)CC)n1. The van der Waals surface area contributed by atoms with E-state index in [-0.39, 0.29) is 17.8 Å². The number of hydrogen-bond acceptors (Lipinski definition) is 6. The number of carbonyl (C=O) groups excluding carboxylic acids is 3. The van der Waals surface area contributed by atoms with Crippen LogP contribution in [0.2, 0.25) is 0 Å². The van der Waals surface area contributed by atoms with Gasteiger partial charge in [-0.1, -0.05) is 77.0 Å². The summed E-state index contributed by atoms with van der Waals surface area (Å²) in [5.41, 5.74) is 0.747. The lowest BCUT2D eigenvalue weighted by Gasteiger charge is -2.12. The minimum atomic E-state index is -0.180. The summed E-state index contributed by atoms with van der Waals surface area (Å²) >= 11 is 0. The molecule has 36 heavy (non-hydrogen) atoms. The van der Waals surface area contributed by atoms with Crippen LogP contribution >= 0.6 is 0 Å². The van der Waals surface area contributed by atoms with E-state index in [0.29, 0.717) is 49.9 Å². The molecule has 1 aromatic rings. The third kappa shape index (κ3) is 12.0. The summed E-state index contributed by atoms with van der Waals surface area (Å²) in [5, 5.41) is 5.44. The molecule has 0 bridgehead atoms. The van der Waals surface area contributed by atoms with E-state index >= 15 is 0 Å². The van der Waals surface area contributed by atoms with E-state index in [0.717, 1.165) is 37.7 Å². The van der Waals surface area contributed by atoms with Crippen molar-refractivity contribution in [3.05, 3.63) is 35.9 Å². The highest BCUT2D eigenvalue weighted by molar-refractivity contribution is 5.92. The molecule has 2 amide bonds. The minimum absolute atomic E-state index is 0.147. The summed E-state index contributed by atoms with van der Waals surface area (Å²) in [4.78, 5) is 39.5. The number of hydrogen-bond donors (Lipinski definition) is 2. The van der Waals surface area contributed by atoms with Gasteiger partial charge in [-0.25, -0.2) is 9.78 Å². The maximum atomic E-state index is 11.8. The molecule has 198 valence electrons. The molecular weight excluding hydrogens is 458 g/mol. The Labute approximate surface area is 214 Å². The summed E-state index contributed by atoms with van der Waals surface area (Å²) < 4.78 is 11.2. The second-order valence-electron chi connectivity index (χ2n) is 8.87. The first-order valence-electron chi connectivity index (χ1n) is 13.3. The van der Waals surface area contributed by atoms with Gasteiger partial charge >= 0.3 is 5.97 Å². The van der Waals surface area contributed by atoms with Gasteiger partial charge in [-0.2, -0.15) is 0 Å². The maximum Gasteiger partial charge on any atom is 0.334 e. The van der Waals surface area contributed by atoms with Gasteiger partial charge < -0.3 is 20.1 Å². The number of aromatic nitrogens is 1. The molecule has 8 nitrogen and oxygen atoms in total. The predicted molar refractivity (Wildman–Crippen MR) is 142 cm³/mol. The van der Waals surface area contributed by atoms with E-state index in [4.69, 9.17) is 9.47 Å². The summed E-state index contributed by atoms with van der Waals surface area (Å²) in [5.74, 6) is 0.835. The first kappa shape index (κ1) is 29.1. The predicted octanol–water partition coefficient (Wildman–Crippen LogP) is 6.10. The van der Waals surface area contributed by atoms with E-state index in [2.05, 4.69) is 15.6 Å². The zero-order valence-electron chi connectivity index (χ0n) is 21.8. The van der Waals surface area contributed by atoms with Gasteiger partial charge in [0.05, 0.1) is 13.2 Å². The fourth-order valence-electron chi connectivity index (χ4n) is 3.67. The summed E-state index contributed by atoms with van der Waals surface area (Å²) in [6, 6.07) is 3.36. The van der Waals surface area contributed by atoms with Crippen molar-refractivity contribution in [3.8, 4) is 5.75 Å². The van der Waals surface area contributed by atoms with Gasteiger partial charge in [0.15, 0.2) is 0 Å². The van der Waals surface area contributed by atoms with Crippen LogP contribution in [0.5, 0.6) is 5.75 Å². The number of nitrogens with one attached hydrogen (secondary N) is 2. The lowest BCUT2D eigenvalue weighted by molar-refractivity contribution is -0.139. The number of anilines is 2. The van der Waals surface area contributed by atoms with Gasteiger partial charge in [-0.3, -0.25) is 9.59 Å². The highest BCUT2D eigenvalue weighted by atomic mass is 16.5. The van der Waals surface area contributed by atoms with Gasteiger partial charge in [0, 0.05) is 30.5 Å². The van der Waals surface area contributed by atoms with Gasteiger partial charge in [0.25, 0.3) is 0 Å². The standard InChI is InChI=1S/C28H41N3O5/c1-3-26(32)30-24-20-23(21-25(29-24)31-27(33)4-2)35-18-14-10-8-6-5-7-9-11-15-19-36-28(34)22-16-12-13-17-22/h12-13,16,20-21H,3-11,14-15,17-19H2,1-2H3,(H2,29,30,31,32,33). The normalized spacial score (nSPS) is 12.2. The van der Waals surface area contributed by atoms with Crippen molar-refractivity contribution in [3.63, 3.8) is 0 Å². The van der Waals surface area contributed by atoms with Crippen molar-refractivity contribution in [2.45, 2.75) is 90.9 Å². The Bertz CT molecular complexity index is 874. The molecule has 8 heteroatoms. The van der Waals surface area contributed by atoms with Gasteiger partial charge in [-0.15, -0.1) is 0 Å². The van der Waals surface area contributed by atoms with E-state index in [9.17, 15) is 14.4 Å². The highest BCUT2D eigenvalue weighted by Crippen LogP contribution is 2.22. The number of rotatable bonds is 18. The van der Waals surface area contributed by atoms with E-state index in [1.165, 1.54) is 25.7 Å². The Morgan fingerprint density at radius 3 is 1.83 bits per heavy atom. The Kier molecular flexibility index (Phi) is 14.0. The largest absolute Gasteiger partial charge is 0.493 e. The van der Waals surface area contributed by atoms with Gasteiger partial charge in [-0.05, 0) is 19.3 Å². The van der Waals surface area contributed by atoms with Crippen molar-refractivity contribution in [1.29, 1.82) is 0 Å². The second kappa shape index (κ2) is 17.3. The molecule has 0 saturated heterocycles. The fraction of sp³-hybridized carbons (Fsp3) is 0.571. The maximum absolute atomic E-state index is 11.8. The molecule has 1 aliphatic carbocycles. The van der Waals surface area contributed by atoms with Crippen LogP contribution in [0.15, 0.2) is 35.9 Å². The smallest absolute Gasteiger partial charge is 0.334 e. The Balaban J connectivity index is 1.52. The molecule has 0 aliphatic heterocycles. The average Bonchev–Trinajstić information content (AvgIpc) is 3.41. The third-order valence-electron chi connectivity index (χ3n) is 5.80.